The number of aryl methyl sites for hydroxylation is 1. The summed E-state index contributed by atoms with van der Waals surface area (Å²) in [5.74, 6) is 2.61. The molecule has 0 amide bonds. The van der Waals surface area contributed by atoms with E-state index in [4.69, 9.17) is 4.74 Å². The average molecular weight is 552 g/mol. The van der Waals surface area contributed by atoms with Gasteiger partial charge in [-0.1, -0.05) is 13.0 Å². The van der Waals surface area contributed by atoms with Crippen molar-refractivity contribution in [1.29, 1.82) is 0 Å². The molecule has 1 atom stereocenters. The minimum Gasteiger partial charge on any atom is -0.489 e. The highest BCUT2D eigenvalue weighted by Crippen LogP contribution is 2.31. The largest absolute Gasteiger partial charge is 0.489 e. The third-order valence-electron chi connectivity index (χ3n) is 4.83. The fourth-order valence-electron chi connectivity index (χ4n) is 3.24. The van der Waals surface area contributed by atoms with Crippen molar-refractivity contribution >= 4 is 29.9 Å². The number of fused-ring (bicyclic) bond motifs is 1. The van der Waals surface area contributed by atoms with Crippen molar-refractivity contribution in [3.8, 4) is 5.75 Å². The summed E-state index contributed by atoms with van der Waals surface area (Å²) < 4.78 is 46.6. The Morgan fingerprint density at radius 3 is 2.77 bits per heavy atom. The SMILES string of the molecule is CCNC(=NCc1nnc2n1CCC2)NCC(CC)Oc1cccc(C(F)(F)F)c1.I. The summed E-state index contributed by atoms with van der Waals surface area (Å²) in [5.41, 5.74) is -0.724. The number of hydrogen-bond donors (Lipinski definition) is 2. The van der Waals surface area contributed by atoms with E-state index >= 15 is 0 Å². The number of rotatable bonds is 8. The predicted octanol–water partition coefficient (Wildman–Crippen LogP) is 3.77. The Morgan fingerprint density at radius 2 is 2.06 bits per heavy atom. The maximum Gasteiger partial charge on any atom is 0.416 e. The summed E-state index contributed by atoms with van der Waals surface area (Å²) in [4.78, 5) is 4.56. The Balaban J connectivity index is 0.00000341. The maximum atomic E-state index is 12.9. The third-order valence-corrected chi connectivity index (χ3v) is 4.83. The summed E-state index contributed by atoms with van der Waals surface area (Å²) >= 11 is 0. The molecule has 1 aromatic carbocycles. The lowest BCUT2D eigenvalue weighted by atomic mass is 10.2. The first-order valence-electron chi connectivity index (χ1n) is 10.2. The maximum absolute atomic E-state index is 12.9. The van der Waals surface area contributed by atoms with E-state index < -0.39 is 11.7 Å². The van der Waals surface area contributed by atoms with E-state index in [0.29, 0.717) is 32.0 Å². The van der Waals surface area contributed by atoms with Gasteiger partial charge >= 0.3 is 6.18 Å². The second-order valence-electron chi connectivity index (χ2n) is 7.04. The van der Waals surface area contributed by atoms with Crippen LogP contribution in [0.25, 0.3) is 0 Å². The molecular weight excluding hydrogens is 524 g/mol. The number of nitrogens with zero attached hydrogens (tertiary/aromatic N) is 4. The van der Waals surface area contributed by atoms with Gasteiger partial charge in [-0.15, -0.1) is 34.2 Å². The first-order chi connectivity index (χ1) is 14.4. The average Bonchev–Trinajstić information content (AvgIpc) is 3.33. The number of nitrogens with one attached hydrogen (secondary N) is 2. The minimum absolute atomic E-state index is 0. The van der Waals surface area contributed by atoms with Gasteiger partial charge in [0.2, 0.25) is 0 Å². The van der Waals surface area contributed by atoms with Crippen LogP contribution in [0.5, 0.6) is 5.75 Å². The van der Waals surface area contributed by atoms with Gasteiger partial charge < -0.3 is 19.9 Å². The van der Waals surface area contributed by atoms with Crippen LogP contribution in [0.2, 0.25) is 0 Å². The van der Waals surface area contributed by atoms with Crippen molar-refractivity contribution in [1.82, 2.24) is 25.4 Å². The molecule has 172 valence electrons. The number of halogens is 4. The smallest absolute Gasteiger partial charge is 0.416 e. The van der Waals surface area contributed by atoms with Crippen LogP contribution in [0.4, 0.5) is 13.2 Å². The van der Waals surface area contributed by atoms with Crippen molar-refractivity contribution in [3.63, 3.8) is 0 Å². The molecule has 0 saturated heterocycles. The molecule has 0 fully saturated rings. The van der Waals surface area contributed by atoms with Crippen molar-refractivity contribution in [3.05, 3.63) is 41.5 Å². The second-order valence-corrected chi connectivity index (χ2v) is 7.04. The van der Waals surface area contributed by atoms with Crippen LogP contribution in [0.3, 0.4) is 0 Å². The van der Waals surface area contributed by atoms with Gasteiger partial charge in [0, 0.05) is 19.5 Å². The molecule has 2 aromatic rings. The van der Waals surface area contributed by atoms with E-state index in [1.54, 1.807) is 0 Å². The van der Waals surface area contributed by atoms with E-state index in [9.17, 15) is 13.2 Å². The predicted molar refractivity (Wildman–Crippen MR) is 123 cm³/mol. The van der Waals surface area contributed by atoms with Gasteiger partial charge in [0.25, 0.3) is 0 Å². The number of aliphatic imine (C=N–C) groups is 1. The highest BCUT2D eigenvalue weighted by molar-refractivity contribution is 14.0. The fraction of sp³-hybridized carbons (Fsp3) is 0.550. The molecule has 2 heterocycles. The molecule has 1 aliphatic rings. The topological polar surface area (TPSA) is 76.4 Å². The van der Waals surface area contributed by atoms with Crippen LogP contribution in [0, 0.1) is 0 Å². The number of alkyl halides is 3. The van der Waals surface area contributed by atoms with Gasteiger partial charge in [0.05, 0.1) is 12.1 Å². The number of aromatic nitrogens is 3. The molecule has 1 aliphatic heterocycles. The highest BCUT2D eigenvalue weighted by atomic mass is 127. The van der Waals surface area contributed by atoms with E-state index in [2.05, 4.69) is 30.4 Å². The zero-order chi connectivity index (χ0) is 21.6. The van der Waals surface area contributed by atoms with Crippen LogP contribution in [-0.2, 0) is 25.7 Å². The zero-order valence-corrected chi connectivity index (χ0v) is 19.9. The molecule has 0 bridgehead atoms. The summed E-state index contributed by atoms with van der Waals surface area (Å²) in [6.45, 7) is 6.27. The van der Waals surface area contributed by atoms with Gasteiger partial charge in [0.15, 0.2) is 11.8 Å². The van der Waals surface area contributed by atoms with Crippen molar-refractivity contribution in [2.24, 2.45) is 4.99 Å². The summed E-state index contributed by atoms with van der Waals surface area (Å²) in [7, 11) is 0. The fourth-order valence-corrected chi connectivity index (χ4v) is 3.24. The Labute approximate surface area is 196 Å². The zero-order valence-electron chi connectivity index (χ0n) is 17.6. The monoisotopic (exact) mass is 552 g/mol. The molecule has 31 heavy (non-hydrogen) atoms. The van der Waals surface area contributed by atoms with Crippen molar-refractivity contribution in [2.75, 3.05) is 13.1 Å². The molecule has 1 aromatic heterocycles. The highest BCUT2D eigenvalue weighted by Gasteiger charge is 2.30. The summed E-state index contributed by atoms with van der Waals surface area (Å²) in [6.07, 6.45) is -2.06. The van der Waals surface area contributed by atoms with E-state index in [-0.39, 0.29) is 35.8 Å². The lowest BCUT2D eigenvalue weighted by Crippen LogP contribution is -2.42. The Morgan fingerprint density at radius 1 is 1.26 bits per heavy atom. The van der Waals surface area contributed by atoms with Crippen LogP contribution in [-0.4, -0.2) is 39.9 Å². The lowest BCUT2D eigenvalue weighted by Gasteiger charge is -2.20. The minimum atomic E-state index is -4.40. The Hall–Kier alpha value is -2.05. The van der Waals surface area contributed by atoms with Gasteiger partial charge in [0.1, 0.15) is 24.2 Å². The number of guanidine groups is 1. The molecule has 1 unspecified atom stereocenters. The van der Waals surface area contributed by atoms with E-state index in [1.807, 2.05) is 13.8 Å². The number of benzene rings is 1. The first-order valence-corrected chi connectivity index (χ1v) is 10.2. The summed E-state index contributed by atoms with van der Waals surface area (Å²) in [5, 5.41) is 14.7. The van der Waals surface area contributed by atoms with E-state index in [0.717, 1.165) is 43.2 Å². The summed E-state index contributed by atoms with van der Waals surface area (Å²) in [6, 6.07) is 4.93. The van der Waals surface area contributed by atoms with E-state index in [1.165, 1.54) is 12.1 Å². The molecule has 3 rings (SSSR count). The molecule has 2 N–H and O–H groups in total. The third kappa shape index (κ3) is 6.97. The standard InChI is InChI=1S/C20H27F3N6O.HI/c1-3-15(30-16-8-5-7-14(11-16)20(21,22)23)12-25-19(24-4-2)26-13-18-28-27-17-9-6-10-29(17)18;/h5,7-8,11,15H,3-4,6,9-10,12-13H2,1-2H3,(H2,24,25,26);1H. The van der Waals surface area contributed by atoms with Crippen molar-refractivity contribution < 1.29 is 17.9 Å². The molecule has 7 nitrogen and oxygen atoms in total. The second kappa shape index (κ2) is 11.5. The van der Waals surface area contributed by atoms with Crippen molar-refractivity contribution in [2.45, 2.75) is 58.5 Å². The molecule has 0 saturated carbocycles. The molecule has 11 heteroatoms. The molecule has 0 aliphatic carbocycles. The number of hydrogen-bond acceptors (Lipinski definition) is 4. The van der Waals surface area contributed by atoms with Crippen LogP contribution >= 0.6 is 24.0 Å². The Kier molecular flexibility index (Phi) is 9.38. The van der Waals surface area contributed by atoms with Gasteiger partial charge in [-0.3, -0.25) is 0 Å². The molecule has 0 spiro atoms. The molecule has 0 radical (unpaired) electrons. The van der Waals surface area contributed by atoms with Gasteiger partial charge in [-0.05, 0) is 38.0 Å². The lowest BCUT2D eigenvalue weighted by molar-refractivity contribution is -0.137. The van der Waals surface area contributed by atoms with Gasteiger partial charge in [-0.25, -0.2) is 4.99 Å². The quantitative estimate of drug-likeness (QED) is 0.297. The Bertz CT molecular complexity index is 871. The van der Waals surface area contributed by atoms with Crippen LogP contribution in [0.15, 0.2) is 29.3 Å². The number of ether oxygens (including phenoxy) is 1. The van der Waals surface area contributed by atoms with Crippen LogP contribution < -0.4 is 15.4 Å². The normalized spacial score (nSPS) is 14.5. The van der Waals surface area contributed by atoms with Gasteiger partial charge in [-0.2, -0.15) is 13.2 Å². The molecular formula is C20H28F3IN6O. The first kappa shape index (κ1) is 25.2. The van der Waals surface area contributed by atoms with Crippen LogP contribution in [0.1, 0.15) is 43.9 Å².